The lowest BCUT2D eigenvalue weighted by Crippen LogP contribution is -2.40. The van der Waals surface area contributed by atoms with Crippen molar-refractivity contribution in [2.24, 2.45) is 0 Å². The Hall–Kier alpha value is -0.630. The smallest absolute Gasteiger partial charge is 0.229 e. The molecule has 15 heavy (non-hydrogen) atoms. The highest BCUT2D eigenvalue weighted by molar-refractivity contribution is 7.43. The quantitative estimate of drug-likeness (QED) is 0.362. The molecule has 0 radical (unpaired) electrons. The Balaban J connectivity index is 4.22. The molecule has 0 aliphatic heterocycles. The minimum Gasteiger partial charge on any atom is -0.790 e. The molecule has 0 heterocycles. The number of phosphoric ester groups is 1. The number of aliphatic hydroxyl groups is 2. The van der Waals surface area contributed by atoms with Crippen LogP contribution in [0.25, 0.3) is 0 Å². The highest BCUT2D eigenvalue weighted by atomic mass is 31.2. The van der Waals surface area contributed by atoms with Crippen molar-refractivity contribution in [3.8, 4) is 0 Å². The molecule has 2 unspecified atom stereocenters. The third-order valence-corrected chi connectivity index (χ3v) is 1.85. The van der Waals surface area contributed by atoms with Gasteiger partial charge in [-0.1, -0.05) is 0 Å². The normalized spacial score (nSPS) is 15.8. The molecule has 0 aromatic heterocycles. The molecule has 0 aromatic carbocycles. The minimum atomic E-state index is -5.28. The first kappa shape index (κ1) is 14.4. The van der Waals surface area contributed by atoms with Gasteiger partial charge in [-0.15, -0.1) is 0 Å². The Labute approximate surface area is 84.7 Å². The Morgan fingerprint density at radius 2 is 1.87 bits per heavy atom. The van der Waals surface area contributed by atoms with E-state index in [0.29, 0.717) is 0 Å². The molecule has 0 bridgehead atoms. The largest absolute Gasteiger partial charge is 0.790 e. The molecular formula is C6H9O8P-2. The summed E-state index contributed by atoms with van der Waals surface area (Å²) in [6.45, 7) is -0.213. The van der Waals surface area contributed by atoms with Gasteiger partial charge in [-0.25, -0.2) is 0 Å². The van der Waals surface area contributed by atoms with Gasteiger partial charge in [0.2, 0.25) is 5.78 Å². The zero-order valence-electron chi connectivity index (χ0n) is 7.65. The summed E-state index contributed by atoms with van der Waals surface area (Å²) >= 11 is 0. The molecule has 0 rings (SSSR count). The molecular weight excluding hydrogens is 231 g/mol. The van der Waals surface area contributed by atoms with E-state index in [2.05, 4.69) is 4.52 Å². The first-order valence-corrected chi connectivity index (χ1v) is 5.18. The van der Waals surface area contributed by atoms with Crippen LogP contribution in [0.3, 0.4) is 0 Å². The van der Waals surface area contributed by atoms with E-state index in [9.17, 15) is 23.9 Å². The van der Waals surface area contributed by atoms with Crippen LogP contribution < -0.4 is 9.79 Å². The van der Waals surface area contributed by atoms with E-state index in [4.69, 9.17) is 10.2 Å². The molecule has 0 saturated carbocycles. The van der Waals surface area contributed by atoms with Crippen LogP contribution in [0, 0.1) is 0 Å². The average molecular weight is 240 g/mol. The van der Waals surface area contributed by atoms with E-state index in [1.807, 2.05) is 0 Å². The summed E-state index contributed by atoms with van der Waals surface area (Å²) in [7, 11) is -5.28. The Bertz CT molecular complexity index is 294. The van der Waals surface area contributed by atoms with Crippen molar-refractivity contribution in [2.75, 3.05) is 6.61 Å². The lowest BCUT2D eigenvalue weighted by atomic mass is 10.1. The van der Waals surface area contributed by atoms with Gasteiger partial charge in [0.1, 0.15) is 12.2 Å². The average Bonchev–Trinajstić information content (AvgIpc) is 2.10. The fraction of sp³-hybridized carbons (Fsp3) is 0.667. The van der Waals surface area contributed by atoms with Gasteiger partial charge in [0.25, 0.3) is 0 Å². The first-order chi connectivity index (χ1) is 6.65. The Morgan fingerprint density at radius 3 is 2.20 bits per heavy atom. The molecule has 0 amide bonds. The number of aliphatic hydroxyl groups excluding tert-OH is 2. The number of carbonyl (C=O) groups excluding carboxylic acids is 2. The summed E-state index contributed by atoms with van der Waals surface area (Å²) in [4.78, 5) is 41.2. The molecule has 9 heteroatoms. The van der Waals surface area contributed by atoms with Gasteiger partial charge in [0, 0.05) is 6.92 Å². The standard InChI is InChI=1S/C6H11O8P/c1-3(7)5(9)6(10)4(8)2-14-15(11,12)13/h4,6,8,10H,2H2,1H3,(H2,11,12,13)/p-2. The maximum Gasteiger partial charge on any atom is 0.229 e. The number of Topliss-reactive ketones (excluding diaryl/α,β-unsaturated/α-hetero) is 2. The van der Waals surface area contributed by atoms with Gasteiger partial charge in [0.05, 0.1) is 14.4 Å². The van der Waals surface area contributed by atoms with Gasteiger partial charge >= 0.3 is 0 Å². The number of phosphoric acid groups is 1. The zero-order valence-corrected chi connectivity index (χ0v) is 8.55. The van der Waals surface area contributed by atoms with Gasteiger partial charge in [-0.3, -0.25) is 9.59 Å². The summed E-state index contributed by atoms with van der Waals surface area (Å²) in [5.74, 6) is -2.30. The van der Waals surface area contributed by atoms with E-state index in [-0.39, 0.29) is 0 Å². The molecule has 8 nitrogen and oxygen atoms in total. The van der Waals surface area contributed by atoms with Gasteiger partial charge in [-0.2, -0.15) is 0 Å². The number of hydrogen-bond donors (Lipinski definition) is 2. The SMILES string of the molecule is CC(=O)C(=O)C(O)C(O)COP(=O)([O-])[O-]. The molecule has 88 valence electrons. The maximum atomic E-state index is 10.8. The van der Waals surface area contributed by atoms with Crippen LogP contribution in [0.2, 0.25) is 0 Å². The van der Waals surface area contributed by atoms with Crippen LogP contribution in [0.1, 0.15) is 6.92 Å². The molecule has 2 N–H and O–H groups in total. The second-order valence-electron chi connectivity index (χ2n) is 2.68. The van der Waals surface area contributed by atoms with Crippen molar-refractivity contribution in [3.63, 3.8) is 0 Å². The van der Waals surface area contributed by atoms with Crippen LogP contribution in [-0.2, 0) is 18.7 Å². The first-order valence-electron chi connectivity index (χ1n) is 3.72. The van der Waals surface area contributed by atoms with Gasteiger partial charge in [0.15, 0.2) is 5.78 Å². The number of rotatable bonds is 6. The molecule has 0 aliphatic carbocycles. The van der Waals surface area contributed by atoms with Crippen molar-refractivity contribution in [2.45, 2.75) is 19.1 Å². The van der Waals surface area contributed by atoms with Crippen molar-refractivity contribution in [1.82, 2.24) is 0 Å². The summed E-state index contributed by atoms with van der Waals surface area (Å²) in [6, 6.07) is 0. The molecule has 0 aliphatic rings. The fourth-order valence-corrected chi connectivity index (χ4v) is 0.977. The molecule has 2 atom stereocenters. The summed E-state index contributed by atoms with van der Waals surface area (Å²) < 4.78 is 13.6. The molecule has 0 saturated heterocycles. The Morgan fingerprint density at radius 1 is 1.40 bits per heavy atom. The van der Waals surface area contributed by atoms with E-state index in [1.165, 1.54) is 0 Å². The van der Waals surface area contributed by atoms with Gasteiger partial charge in [-0.05, 0) is 0 Å². The van der Waals surface area contributed by atoms with Crippen LogP contribution >= 0.6 is 7.82 Å². The molecule has 0 spiro atoms. The highest BCUT2D eigenvalue weighted by Gasteiger charge is 2.27. The molecule has 0 fully saturated rings. The van der Waals surface area contributed by atoms with Crippen molar-refractivity contribution >= 4 is 19.4 Å². The van der Waals surface area contributed by atoms with E-state index >= 15 is 0 Å². The van der Waals surface area contributed by atoms with Gasteiger partial charge < -0.3 is 29.1 Å². The lowest BCUT2D eigenvalue weighted by molar-refractivity contribution is -0.343. The number of ketones is 2. The number of hydrogen-bond acceptors (Lipinski definition) is 8. The Kier molecular flexibility index (Phi) is 5.22. The van der Waals surface area contributed by atoms with Crippen LogP contribution in [0.15, 0.2) is 0 Å². The van der Waals surface area contributed by atoms with Crippen molar-refractivity contribution < 1.29 is 38.7 Å². The van der Waals surface area contributed by atoms with E-state index in [0.717, 1.165) is 6.92 Å². The third-order valence-electron chi connectivity index (χ3n) is 1.38. The minimum absolute atomic E-state index is 0.866. The topological polar surface area (TPSA) is 147 Å². The summed E-state index contributed by atoms with van der Waals surface area (Å²) in [5.41, 5.74) is 0. The summed E-state index contributed by atoms with van der Waals surface area (Å²) in [6.07, 6.45) is -4.05. The van der Waals surface area contributed by atoms with Crippen LogP contribution in [0.4, 0.5) is 0 Å². The monoisotopic (exact) mass is 240 g/mol. The van der Waals surface area contributed by atoms with Crippen LogP contribution in [0.5, 0.6) is 0 Å². The van der Waals surface area contributed by atoms with Crippen molar-refractivity contribution in [3.05, 3.63) is 0 Å². The third kappa shape index (κ3) is 5.73. The predicted octanol–water partition coefficient (Wildman–Crippen LogP) is -3.29. The second-order valence-corrected chi connectivity index (χ2v) is 3.83. The highest BCUT2D eigenvalue weighted by Crippen LogP contribution is 2.24. The summed E-state index contributed by atoms with van der Waals surface area (Å²) in [5, 5.41) is 17.9. The fourth-order valence-electron chi connectivity index (χ4n) is 0.642. The van der Waals surface area contributed by atoms with Crippen LogP contribution in [-0.4, -0.2) is 40.6 Å². The predicted molar refractivity (Wildman–Crippen MR) is 41.3 cm³/mol. The molecule has 0 aromatic rings. The zero-order chi connectivity index (χ0) is 12.2. The van der Waals surface area contributed by atoms with Crippen molar-refractivity contribution in [1.29, 1.82) is 0 Å². The lowest BCUT2D eigenvalue weighted by Gasteiger charge is -2.30. The number of carbonyl (C=O) groups is 2. The van der Waals surface area contributed by atoms with E-state index in [1.54, 1.807) is 0 Å². The maximum absolute atomic E-state index is 10.8. The second kappa shape index (κ2) is 5.45. The van der Waals surface area contributed by atoms with E-state index < -0.39 is 38.2 Å².